The summed E-state index contributed by atoms with van der Waals surface area (Å²) in [4.78, 5) is 18.3. The third-order valence-electron chi connectivity index (χ3n) is 2.38. The molecule has 1 aromatic heterocycles. The molecule has 0 saturated carbocycles. The number of aromatic carboxylic acids is 1. The molecule has 0 spiro atoms. The van der Waals surface area contributed by atoms with E-state index in [1.54, 1.807) is 12.1 Å². The number of methoxy groups -OCH3 is 1. The molecule has 98 valence electrons. The molecule has 0 aliphatic rings. The normalized spacial score (nSPS) is 10.0. The van der Waals surface area contributed by atoms with Crippen molar-refractivity contribution in [3.05, 3.63) is 41.9 Å². The quantitative estimate of drug-likeness (QED) is 0.908. The SMILES string of the molecule is COc1ccc(C)cc1Oc1cnc(C(=O)O)cn1. The van der Waals surface area contributed by atoms with Gasteiger partial charge >= 0.3 is 5.97 Å². The number of ether oxygens (including phenoxy) is 2. The van der Waals surface area contributed by atoms with E-state index in [4.69, 9.17) is 14.6 Å². The number of rotatable bonds is 4. The Balaban J connectivity index is 2.25. The largest absolute Gasteiger partial charge is 0.493 e. The Labute approximate surface area is 109 Å². The first-order valence-corrected chi connectivity index (χ1v) is 5.48. The number of benzene rings is 1. The van der Waals surface area contributed by atoms with Gasteiger partial charge in [0, 0.05) is 0 Å². The highest BCUT2D eigenvalue weighted by Crippen LogP contribution is 2.31. The Bertz CT molecular complexity index is 596. The van der Waals surface area contributed by atoms with E-state index in [1.807, 2.05) is 13.0 Å². The summed E-state index contributed by atoms with van der Waals surface area (Å²) in [5, 5.41) is 8.72. The number of carbonyl (C=O) groups is 1. The second-order valence-electron chi connectivity index (χ2n) is 3.80. The number of carboxylic acid groups (broad SMARTS) is 1. The maximum atomic E-state index is 10.7. The van der Waals surface area contributed by atoms with Gasteiger partial charge in [-0.25, -0.2) is 14.8 Å². The molecule has 0 fully saturated rings. The zero-order chi connectivity index (χ0) is 13.8. The van der Waals surface area contributed by atoms with E-state index in [9.17, 15) is 4.79 Å². The van der Waals surface area contributed by atoms with Crippen molar-refractivity contribution in [2.24, 2.45) is 0 Å². The van der Waals surface area contributed by atoms with Gasteiger partial charge in [-0.05, 0) is 24.6 Å². The minimum absolute atomic E-state index is 0.136. The monoisotopic (exact) mass is 260 g/mol. The molecule has 0 aliphatic carbocycles. The van der Waals surface area contributed by atoms with Crippen LogP contribution in [0.25, 0.3) is 0 Å². The van der Waals surface area contributed by atoms with Crippen LogP contribution in [0.3, 0.4) is 0 Å². The Hall–Kier alpha value is -2.63. The maximum absolute atomic E-state index is 10.7. The van der Waals surface area contributed by atoms with Crippen LogP contribution in [0, 0.1) is 6.92 Å². The lowest BCUT2D eigenvalue weighted by Crippen LogP contribution is -2.01. The number of nitrogens with zero attached hydrogens (tertiary/aromatic N) is 2. The highest BCUT2D eigenvalue weighted by Gasteiger charge is 2.09. The first-order chi connectivity index (χ1) is 9.10. The summed E-state index contributed by atoms with van der Waals surface area (Å²) < 4.78 is 10.7. The van der Waals surface area contributed by atoms with Crippen molar-refractivity contribution in [2.45, 2.75) is 6.92 Å². The fraction of sp³-hybridized carbons (Fsp3) is 0.154. The van der Waals surface area contributed by atoms with Gasteiger partial charge in [0.1, 0.15) is 0 Å². The molecule has 0 atom stereocenters. The Morgan fingerprint density at radius 1 is 1.21 bits per heavy atom. The van der Waals surface area contributed by atoms with Gasteiger partial charge in [-0.2, -0.15) is 0 Å². The highest BCUT2D eigenvalue weighted by atomic mass is 16.5. The molecule has 0 radical (unpaired) electrons. The summed E-state index contributed by atoms with van der Waals surface area (Å²) in [6.45, 7) is 1.92. The molecule has 19 heavy (non-hydrogen) atoms. The summed E-state index contributed by atoms with van der Waals surface area (Å²) in [5.41, 5.74) is 0.870. The molecule has 2 aromatic rings. The van der Waals surface area contributed by atoms with Gasteiger partial charge in [0.15, 0.2) is 17.2 Å². The van der Waals surface area contributed by atoms with E-state index >= 15 is 0 Å². The molecule has 0 aliphatic heterocycles. The van der Waals surface area contributed by atoms with Gasteiger partial charge in [-0.3, -0.25) is 0 Å². The van der Waals surface area contributed by atoms with Crippen molar-refractivity contribution in [3.8, 4) is 17.4 Å². The zero-order valence-corrected chi connectivity index (χ0v) is 10.5. The van der Waals surface area contributed by atoms with Crippen LogP contribution >= 0.6 is 0 Å². The van der Waals surface area contributed by atoms with Crippen LogP contribution in [-0.2, 0) is 0 Å². The van der Waals surface area contributed by atoms with Crippen molar-refractivity contribution >= 4 is 5.97 Å². The smallest absolute Gasteiger partial charge is 0.356 e. The number of hydrogen-bond acceptors (Lipinski definition) is 5. The molecule has 1 N–H and O–H groups in total. The average molecular weight is 260 g/mol. The zero-order valence-electron chi connectivity index (χ0n) is 10.5. The second-order valence-corrected chi connectivity index (χ2v) is 3.80. The Kier molecular flexibility index (Phi) is 3.61. The minimum atomic E-state index is -1.13. The van der Waals surface area contributed by atoms with Crippen molar-refractivity contribution in [1.29, 1.82) is 0 Å². The van der Waals surface area contributed by atoms with Crippen LogP contribution in [0.15, 0.2) is 30.6 Å². The molecule has 0 unspecified atom stereocenters. The fourth-order valence-corrected chi connectivity index (χ4v) is 1.46. The van der Waals surface area contributed by atoms with E-state index < -0.39 is 5.97 Å². The first-order valence-electron chi connectivity index (χ1n) is 5.48. The first kappa shape index (κ1) is 12.8. The lowest BCUT2D eigenvalue weighted by Gasteiger charge is -2.09. The van der Waals surface area contributed by atoms with E-state index in [2.05, 4.69) is 9.97 Å². The minimum Gasteiger partial charge on any atom is -0.493 e. The van der Waals surface area contributed by atoms with Crippen molar-refractivity contribution in [1.82, 2.24) is 9.97 Å². The van der Waals surface area contributed by atoms with Crippen LogP contribution in [0.1, 0.15) is 16.1 Å². The molecule has 6 nitrogen and oxygen atoms in total. The standard InChI is InChI=1S/C13H12N2O4/c1-8-3-4-10(18-2)11(5-8)19-12-7-14-9(6-15-12)13(16)17/h3-7H,1-2H3,(H,16,17). The van der Waals surface area contributed by atoms with Crippen LogP contribution in [0.2, 0.25) is 0 Å². The second kappa shape index (κ2) is 5.34. The molecule has 1 heterocycles. The molecule has 0 saturated heterocycles. The maximum Gasteiger partial charge on any atom is 0.356 e. The third kappa shape index (κ3) is 2.98. The summed E-state index contributed by atoms with van der Waals surface area (Å²) in [6, 6.07) is 5.47. The summed E-state index contributed by atoms with van der Waals surface area (Å²) in [5.74, 6) is 0.135. The molecule has 1 aromatic carbocycles. The molecule has 6 heteroatoms. The van der Waals surface area contributed by atoms with Crippen LogP contribution < -0.4 is 9.47 Å². The number of carboxylic acids is 1. The Morgan fingerprint density at radius 2 is 2.00 bits per heavy atom. The van der Waals surface area contributed by atoms with Gasteiger partial charge in [0.05, 0.1) is 19.5 Å². The van der Waals surface area contributed by atoms with E-state index in [0.717, 1.165) is 11.8 Å². The van der Waals surface area contributed by atoms with Gasteiger partial charge in [0.2, 0.25) is 5.88 Å². The number of aromatic nitrogens is 2. The lowest BCUT2D eigenvalue weighted by atomic mass is 10.2. The predicted octanol–water partition coefficient (Wildman–Crippen LogP) is 2.28. The van der Waals surface area contributed by atoms with Gasteiger partial charge in [0.25, 0.3) is 0 Å². The lowest BCUT2D eigenvalue weighted by molar-refractivity contribution is 0.0690. The van der Waals surface area contributed by atoms with Crippen molar-refractivity contribution < 1.29 is 19.4 Å². The van der Waals surface area contributed by atoms with Crippen LogP contribution in [-0.4, -0.2) is 28.2 Å². The van der Waals surface area contributed by atoms with E-state index in [0.29, 0.717) is 11.5 Å². The van der Waals surface area contributed by atoms with E-state index in [1.165, 1.54) is 13.3 Å². The molecular formula is C13H12N2O4. The molecule has 0 amide bonds. The predicted molar refractivity (Wildman–Crippen MR) is 66.8 cm³/mol. The topological polar surface area (TPSA) is 81.5 Å². The summed E-state index contributed by atoms with van der Waals surface area (Å²) in [6.07, 6.45) is 2.39. The van der Waals surface area contributed by atoms with E-state index in [-0.39, 0.29) is 11.6 Å². The van der Waals surface area contributed by atoms with Gasteiger partial charge < -0.3 is 14.6 Å². The van der Waals surface area contributed by atoms with Crippen LogP contribution in [0.5, 0.6) is 17.4 Å². The number of hydrogen-bond donors (Lipinski definition) is 1. The van der Waals surface area contributed by atoms with Crippen molar-refractivity contribution in [2.75, 3.05) is 7.11 Å². The average Bonchev–Trinajstić information content (AvgIpc) is 2.39. The van der Waals surface area contributed by atoms with Gasteiger partial charge in [-0.1, -0.05) is 6.07 Å². The molecule has 2 rings (SSSR count). The van der Waals surface area contributed by atoms with Gasteiger partial charge in [-0.15, -0.1) is 0 Å². The Morgan fingerprint density at radius 3 is 2.58 bits per heavy atom. The third-order valence-corrected chi connectivity index (χ3v) is 2.38. The molecule has 0 bridgehead atoms. The highest BCUT2D eigenvalue weighted by molar-refractivity contribution is 5.84. The van der Waals surface area contributed by atoms with Crippen molar-refractivity contribution in [3.63, 3.8) is 0 Å². The fourth-order valence-electron chi connectivity index (χ4n) is 1.46. The summed E-state index contributed by atoms with van der Waals surface area (Å²) >= 11 is 0. The summed E-state index contributed by atoms with van der Waals surface area (Å²) in [7, 11) is 1.54. The number of aryl methyl sites for hydroxylation is 1. The molecular weight excluding hydrogens is 248 g/mol. The van der Waals surface area contributed by atoms with Crippen LogP contribution in [0.4, 0.5) is 0 Å².